The Morgan fingerprint density at radius 2 is 1.82 bits per heavy atom. The van der Waals surface area contributed by atoms with Crippen molar-refractivity contribution in [3.05, 3.63) is 0 Å². The summed E-state index contributed by atoms with van der Waals surface area (Å²) < 4.78 is 0. The number of hydrogen-bond acceptors (Lipinski definition) is 3. The minimum atomic E-state index is -0.298. The van der Waals surface area contributed by atoms with Crippen LogP contribution in [-0.2, 0) is 4.79 Å². The molecule has 4 heteroatoms. The molecule has 98 valence electrons. The van der Waals surface area contributed by atoms with Crippen LogP contribution in [0.15, 0.2) is 0 Å². The van der Waals surface area contributed by atoms with Gasteiger partial charge in [-0.3, -0.25) is 9.69 Å². The number of nitrogens with two attached hydrogens (primary N) is 1. The molecule has 1 atom stereocenters. The number of amides is 1. The third-order valence-electron chi connectivity index (χ3n) is 4.22. The summed E-state index contributed by atoms with van der Waals surface area (Å²) in [5.41, 5.74) is 5.80. The zero-order valence-electron chi connectivity index (χ0n) is 10.9. The van der Waals surface area contributed by atoms with Crippen LogP contribution in [0, 0.1) is 0 Å². The summed E-state index contributed by atoms with van der Waals surface area (Å²) >= 11 is 0. The predicted molar refractivity (Wildman–Crippen MR) is 68.7 cm³/mol. The lowest BCUT2D eigenvalue weighted by molar-refractivity contribution is -0.134. The molecule has 17 heavy (non-hydrogen) atoms. The van der Waals surface area contributed by atoms with E-state index in [9.17, 15) is 4.79 Å². The van der Waals surface area contributed by atoms with Crippen LogP contribution >= 0.6 is 0 Å². The molecular weight excluding hydrogens is 214 g/mol. The number of hydrogen-bond donors (Lipinski definition) is 1. The normalized spacial score (nSPS) is 25.2. The molecule has 1 heterocycles. The van der Waals surface area contributed by atoms with Crippen LogP contribution < -0.4 is 5.73 Å². The molecule has 2 fully saturated rings. The van der Waals surface area contributed by atoms with Gasteiger partial charge in [-0.1, -0.05) is 19.8 Å². The first kappa shape index (κ1) is 12.8. The molecule has 0 aromatic rings. The molecule has 4 nitrogen and oxygen atoms in total. The number of carbonyl (C=O) groups excluding carboxylic acids is 1. The first-order valence-electron chi connectivity index (χ1n) is 7.00. The molecule has 2 rings (SSSR count). The van der Waals surface area contributed by atoms with Gasteiger partial charge in [-0.25, -0.2) is 0 Å². The Hall–Kier alpha value is -0.610. The van der Waals surface area contributed by atoms with Crippen LogP contribution in [0.4, 0.5) is 0 Å². The van der Waals surface area contributed by atoms with Crippen molar-refractivity contribution in [2.24, 2.45) is 5.73 Å². The zero-order chi connectivity index (χ0) is 12.3. The Balaban J connectivity index is 1.79. The number of nitrogens with zero attached hydrogens (tertiary/aromatic N) is 2. The van der Waals surface area contributed by atoms with Crippen LogP contribution in [0.3, 0.4) is 0 Å². The van der Waals surface area contributed by atoms with Gasteiger partial charge in [-0.2, -0.15) is 0 Å². The van der Waals surface area contributed by atoms with Gasteiger partial charge in [0.1, 0.15) is 0 Å². The fraction of sp³-hybridized carbons (Fsp3) is 0.923. The van der Waals surface area contributed by atoms with Gasteiger partial charge in [-0.15, -0.1) is 0 Å². The number of rotatable bonds is 3. The van der Waals surface area contributed by atoms with Gasteiger partial charge in [0, 0.05) is 32.2 Å². The second kappa shape index (κ2) is 5.83. The van der Waals surface area contributed by atoms with Gasteiger partial charge in [-0.05, 0) is 19.3 Å². The average molecular weight is 239 g/mol. The first-order valence-corrected chi connectivity index (χ1v) is 7.00. The maximum atomic E-state index is 11.9. The van der Waals surface area contributed by atoms with E-state index < -0.39 is 0 Å². The van der Waals surface area contributed by atoms with Crippen LogP contribution in [-0.4, -0.2) is 54.0 Å². The van der Waals surface area contributed by atoms with E-state index >= 15 is 0 Å². The van der Waals surface area contributed by atoms with Crippen molar-refractivity contribution in [3.8, 4) is 0 Å². The molecule has 1 aliphatic carbocycles. The Kier molecular flexibility index (Phi) is 4.40. The summed E-state index contributed by atoms with van der Waals surface area (Å²) in [4.78, 5) is 16.4. The molecule has 0 aromatic heterocycles. The lowest BCUT2D eigenvalue weighted by Gasteiger charge is -2.38. The van der Waals surface area contributed by atoms with Gasteiger partial charge in [0.15, 0.2) is 0 Å². The van der Waals surface area contributed by atoms with Crippen LogP contribution in [0.5, 0.6) is 0 Å². The smallest absolute Gasteiger partial charge is 0.239 e. The van der Waals surface area contributed by atoms with Gasteiger partial charge >= 0.3 is 0 Å². The fourth-order valence-corrected chi connectivity index (χ4v) is 2.99. The molecular formula is C13H25N3O. The van der Waals surface area contributed by atoms with Crippen LogP contribution in [0.2, 0.25) is 0 Å². The lowest BCUT2D eigenvalue weighted by Crippen LogP contribution is -2.54. The first-order chi connectivity index (χ1) is 8.22. The topological polar surface area (TPSA) is 49.6 Å². The Morgan fingerprint density at radius 1 is 1.24 bits per heavy atom. The Labute approximate surface area is 104 Å². The van der Waals surface area contributed by atoms with Crippen molar-refractivity contribution in [2.45, 2.75) is 51.1 Å². The van der Waals surface area contributed by atoms with E-state index in [-0.39, 0.29) is 11.9 Å². The van der Waals surface area contributed by atoms with Crippen molar-refractivity contribution in [1.29, 1.82) is 0 Å². The predicted octanol–water partition coefficient (Wildman–Crippen LogP) is 0.811. The monoisotopic (exact) mass is 239 g/mol. The summed E-state index contributed by atoms with van der Waals surface area (Å²) in [6, 6.07) is 0.486. The Morgan fingerprint density at radius 3 is 2.35 bits per heavy atom. The highest BCUT2D eigenvalue weighted by Gasteiger charge is 2.28. The SMILES string of the molecule is CC[C@@H](N)C(=O)N1CCN(C2CCCC2)CC1. The van der Waals surface area contributed by atoms with Crippen molar-refractivity contribution >= 4 is 5.91 Å². The van der Waals surface area contributed by atoms with Gasteiger partial charge in [0.05, 0.1) is 6.04 Å². The summed E-state index contributed by atoms with van der Waals surface area (Å²) in [5, 5.41) is 0. The van der Waals surface area contributed by atoms with E-state index in [1.165, 1.54) is 25.7 Å². The number of carbonyl (C=O) groups is 1. The quantitative estimate of drug-likeness (QED) is 0.793. The largest absolute Gasteiger partial charge is 0.339 e. The number of piperazine rings is 1. The van der Waals surface area contributed by atoms with Crippen LogP contribution in [0.1, 0.15) is 39.0 Å². The van der Waals surface area contributed by atoms with Crippen molar-refractivity contribution in [2.75, 3.05) is 26.2 Å². The molecule has 0 aromatic carbocycles. The van der Waals surface area contributed by atoms with Crippen LogP contribution in [0.25, 0.3) is 0 Å². The highest BCUT2D eigenvalue weighted by molar-refractivity contribution is 5.81. The minimum Gasteiger partial charge on any atom is -0.339 e. The van der Waals surface area contributed by atoms with E-state index in [4.69, 9.17) is 5.73 Å². The molecule has 0 bridgehead atoms. The molecule has 1 amide bonds. The maximum Gasteiger partial charge on any atom is 0.239 e. The van der Waals surface area contributed by atoms with Gasteiger partial charge < -0.3 is 10.6 Å². The highest BCUT2D eigenvalue weighted by atomic mass is 16.2. The molecule has 2 aliphatic rings. The third-order valence-corrected chi connectivity index (χ3v) is 4.22. The average Bonchev–Trinajstić information content (AvgIpc) is 2.91. The minimum absolute atomic E-state index is 0.138. The summed E-state index contributed by atoms with van der Waals surface area (Å²) in [7, 11) is 0. The van der Waals surface area contributed by atoms with Gasteiger partial charge in [0.25, 0.3) is 0 Å². The molecule has 0 spiro atoms. The second-order valence-corrected chi connectivity index (χ2v) is 5.31. The lowest BCUT2D eigenvalue weighted by atomic mass is 10.1. The molecule has 0 radical (unpaired) electrons. The maximum absolute atomic E-state index is 11.9. The molecule has 1 saturated heterocycles. The molecule has 0 unspecified atom stereocenters. The van der Waals surface area contributed by atoms with E-state index in [1.807, 2.05) is 11.8 Å². The molecule has 1 aliphatic heterocycles. The van der Waals surface area contributed by atoms with E-state index in [1.54, 1.807) is 0 Å². The standard InChI is InChI=1S/C13H25N3O/c1-2-12(14)13(17)16-9-7-15(8-10-16)11-5-3-4-6-11/h11-12H,2-10,14H2,1H3/t12-/m1/s1. The molecule has 1 saturated carbocycles. The summed E-state index contributed by atoms with van der Waals surface area (Å²) in [5.74, 6) is 0.138. The third kappa shape index (κ3) is 2.99. The van der Waals surface area contributed by atoms with Gasteiger partial charge in [0.2, 0.25) is 5.91 Å². The second-order valence-electron chi connectivity index (χ2n) is 5.31. The highest BCUT2D eigenvalue weighted by Crippen LogP contribution is 2.24. The van der Waals surface area contributed by atoms with E-state index in [2.05, 4.69) is 4.90 Å². The summed E-state index contributed by atoms with van der Waals surface area (Å²) in [6.07, 6.45) is 6.20. The summed E-state index contributed by atoms with van der Waals surface area (Å²) in [6.45, 7) is 5.77. The van der Waals surface area contributed by atoms with E-state index in [0.717, 1.165) is 38.6 Å². The fourth-order valence-electron chi connectivity index (χ4n) is 2.99. The van der Waals surface area contributed by atoms with Crippen molar-refractivity contribution < 1.29 is 4.79 Å². The van der Waals surface area contributed by atoms with E-state index in [0.29, 0.717) is 0 Å². The molecule has 2 N–H and O–H groups in total. The zero-order valence-corrected chi connectivity index (χ0v) is 10.9. The van der Waals surface area contributed by atoms with Crippen molar-refractivity contribution in [1.82, 2.24) is 9.80 Å². The van der Waals surface area contributed by atoms with Crippen molar-refractivity contribution in [3.63, 3.8) is 0 Å². The Bertz CT molecular complexity index is 255.